The van der Waals surface area contributed by atoms with Crippen molar-refractivity contribution in [1.29, 1.82) is 0 Å². The molecular formula is C11H15O+. The molecule has 1 spiro atoms. The minimum Gasteiger partial charge on any atom is -0.278 e. The first kappa shape index (κ1) is 7.78. The van der Waals surface area contributed by atoms with Crippen LogP contribution in [0.5, 0.6) is 0 Å². The second-order valence-electron chi connectivity index (χ2n) is 3.92. The summed E-state index contributed by atoms with van der Waals surface area (Å²) in [6.07, 6.45) is 11.0. The lowest BCUT2D eigenvalue weighted by atomic mass is 9.76. The predicted molar refractivity (Wildman–Crippen MR) is 50.7 cm³/mol. The van der Waals surface area contributed by atoms with E-state index in [4.69, 9.17) is 0 Å². The van der Waals surface area contributed by atoms with Crippen molar-refractivity contribution in [1.82, 2.24) is 0 Å². The maximum Gasteiger partial charge on any atom is 0.329 e. The highest BCUT2D eigenvalue weighted by Crippen LogP contribution is 2.43. The normalized spacial score (nSPS) is 26.4. The lowest BCUT2D eigenvalue weighted by Crippen LogP contribution is -2.28. The molecule has 0 aliphatic heterocycles. The quantitative estimate of drug-likeness (QED) is 0.490. The van der Waals surface area contributed by atoms with Gasteiger partial charge in [0.25, 0.3) is 0 Å². The summed E-state index contributed by atoms with van der Waals surface area (Å²) in [4.78, 5) is 9.93. The summed E-state index contributed by atoms with van der Waals surface area (Å²) in [6, 6.07) is 0. The lowest BCUT2D eigenvalue weighted by molar-refractivity contribution is 0.494. The van der Waals surface area contributed by atoms with Crippen LogP contribution >= 0.6 is 0 Å². The predicted octanol–water partition coefficient (Wildman–Crippen LogP) is 2.61. The second-order valence-corrected chi connectivity index (χ2v) is 3.92. The van der Waals surface area contributed by atoms with Crippen LogP contribution in [0.25, 0.3) is 0 Å². The summed E-state index contributed by atoms with van der Waals surface area (Å²) < 4.78 is 0. The maximum absolute atomic E-state index is 9.93. The smallest absolute Gasteiger partial charge is 0.278 e. The Kier molecular flexibility index (Phi) is 1.67. The van der Waals surface area contributed by atoms with E-state index in [0.717, 1.165) is 18.4 Å². The first-order chi connectivity index (χ1) is 5.75. The van der Waals surface area contributed by atoms with Crippen molar-refractivity contribution in [3.8, 4) is 0 Å². The fourth-order valence-corrected chi connectivity index (χ4v) is 2.34. The summed E-state index contributed by atoms with van der Waals surface area (Å²) in [6.45, 7) is 1.99. The fraction of sp³-hybridized carbons (Fsp3) is 0.545. The maximum atomic E-state index is 9.93. The van der Waals surface area contributed by atoms with Gasteiger partial charge in [0.1, 0.15) is 5.41 Å². The molecule has 2 rings (SSSR count). The number of hydrogen-bond acceptors (Lipinski definition) is 0. The van der Waals surface area contributed by atoms with Gasteiger partial charge in [0.05, 0.1) is 0 Å². The number of allylic oxidation sites excluding steroid dienone is 4. The highest BCUT2D eigenvalue weighted by Gasteiger charge is 2.44. The molecular weight excluding hydrogens is 148 g/mol. The Morgan fingerprint density at radius 3 is 2.67 bits per heavy atom. The van der Waals surface area contributed by atoms with Gasteiger partial charge in [-0.25, -0.2) is 0 Å². The minimum absolute atomic E-state index is 0.0266. The highest BCUT2D eigenvalue weighted by atomic mass is 16.1. The molecule has 0 amide bonds. The largest absolute Gasteiger partial charge is 0.329 e. The van der Waals surface area contributed by atoms with Crippen molar-refractivity contribution in [3.05, 3.63) is 23.8 Å². The van der Waals surface area contributed by atoms with E-state index in [1.807, 2.05) is 13.0 Å². The lowest BCUT2D eigenvalue weighted by Gasteiger charge is -2.21. The van der Waals surface area contributed by atoms with Gasteiger partial charge in [0.2, 0.25) is 0 Å². The van der Waals surface area contributed by atoms with Crippen LogP contribution < -0.4 is 0 Å². The van der Waals surface area contributed by atoms with Crippen LogP contribution in [0.2, 0.25) is 0 Å². The number of rotatable bonds is 0. The zero-order valence-corrected chi connectivity index (χ0v) is 7.51. The molecule has 0 aromatic heterocycles. The van der Waals surface area contributed by atoms with Crippen LogP contribution in [-0.2, 0) is 0 Å². The van der Waals surface area contributed by atoms with Crippen LogP contribution in [0.4, 0.5) is 0 Å². The van der Waals surface area contributed by atoms with E-state index in [1.54, 1.807) is 0 Å². The molecule has 0 radical (unpaired) electrons. The van der Waals surface area contributed by atoms with Crippen molar-refractivity contribution in [2.45, 2.75) is 32.6 Å². The molecule has 0 aromatic carbocycles. The molecule has 0 saturated heterocycles. The third-order valence-corrected chi connectivity index (χ3v) is 3.10. The number of hydrogen-bond donors (Lipinski definition) is 0. The summed E-state index contributed by atoms with van der Waals surface area (Å²) in [7, 11) is 0. The molecule has 1 saturated carbocycles. The minimum atomic E-state index is 0.0266. The van der Waals surface area contributed by atoms with Crippen molar-refractivity contribution in [3.63, 3.8) is 0 Å². The molecule has 12 heavy (non-hydrogen) atoms. The van der Waals surface area contributed by atoms with E-state index >= 15 is 0 Å². The molecule has 1 fully saturated rings. The van der Waals surface area contributed by atoms with Gasteiger partial charge in [-0.3, -0.25) is 4.79 Å². The molecule has 2 aliphatic rings. The Bertz CT molecular complexity index is 265. The summed E-state index contributed by atoms with van der Waals surface area (Å²) >= 11 is 0. The summed E-state index contributed by atoms with van der Waals surface area (Å²) in [5.74, 6) is 0.613. The van der Waals surface area contributed by atoms with Crippen molar-refractivity contribution in [2.75, 3.05) is 0 Å². The highest BCUT2D eigenvalue weighted by molar-refractivity contribution is 6.03. The first-order valence-corrected chi connectivity index (χ1v) is 4.67. The molecule has 0 heterocycles. The standard InChI is InChI=1S/C11H14O/c1-9-5-4-8-11(10(9)12)6-2-3-7-11/h4-5,8H,2-3,6-7H2,1H3/p+1. The van der Waals surface area contributed by atoms with Crippen LogP contribution in [-0.4, -0.2) is 10.6 Å². The molecule has 0 aromatic rings. The second kappa shape index (κ2) is 2.58. The Morgan fingerprint density at radius 2 is 2.00 bits per heavy atom. The first-order valence-electron chi connectivity index (χ1n) is 4.67. The number of carbonyl (C=O) groups excluding carboxylic acids is 1. The van der Waals surface area contributed by atoms with Crippen LogP contribution in [0.3, 0.4) is 0 Å². The van der Waals surface area contributed by atoms with E-state index in [2.05, 4.69) is 12.2 Å². The molecule has 64 valence electrons. The van der Waals surface area contributed by atoms with E-state index in [9.17, 15) is 4.79 Å². The van der Waals surface area contributed by atoms with Gasteiger partial charge in [-0.15, -0.1) is 0 Å². The third-order valence-electron chi connectivity index (χ3n) is 3.10. The SMILES string of the molecule is CC1=CC=CC2(CCCC2)C1=[OH+]. The van der Waals surface area contributed by atoms with E-state index in [0.29, 0.717) is 5.78 Å². The van der Waals surface area contributed by atoms with Crippen molar-refractivity contribution >= 4 is 5.78 Å². The third kappa shape index (κ3) is 0.961. The van der Waals surface area contributed by atoms with E-state index < -0.39 is 0 Å². The Labute approximate surface area is 73.2 Å². The van der Waals surface area contributed by atoms with Crippen LogP contribution in [0, 0.1) is 5.41 Å². The summed E-state index contributed by atoms with van der Waals surface area (Å²) in [5.41, 5.74) is 1.07. The Balaban J connectivity index is 2.34. The van der Waals surface area contributed by atoms with E-state index in [-0.39, 0.29) is 5.41 Å². The molecule has 0 atom stereocenters. The van der Waals surface area contributed by atoms with Gasteiger partial charge in [-0.05, 0) is 19.8 Å². The molecule has 1 N–H and O–H groups in total. The van der Waals surface area contributed by atoms with Gasteiger partial charge >= 0.3 is 5.78 Å². The van der Waals surface area contributed by atoms with Gasteiger partial charge < -0.3 is 0 Å². The van der Waals surface area contributed by atoms with Crippen molar-refractivity contribution < 1.29 is 4.79 Å². The van der Waals surface area contributed by atoms with Gasteiger partial charge in [0.15, 0.2) is 0 Å². The molecule has 1 heteroatoms. The zero-order chi connectivity index (χ0) is 8.60. The monoisotopic (exact) mass is 163 g/mol. The topological polar surface area (TPSA) is 21.4 Å². The molecule has 1 nitrogen and oxygen atoms in total. The van der Waals surface area contributed by atoms with Crippen LogP contribution in [0.1, 0.15) is 32.6 Å². The molecule has 0 bridgehead atoms. The van der Waals surface area contributed by atoms with Gasteiger partial charge in [0, 0.05) is 5.57 Å². The Hall–Kier alpha value is -0.850. The Morgan fingerprint density at radius 1 is 1.33 bits per heavy atom. The fourth-order valence-electron chi connectivity index (χ4n) is 2.34. The average Bonchev–Trinajstić information content (AvgIpc) is 2.50. The van der Waals surface area contributed by atoms with Gasteiger partial charge in [-0.2, -0.15) is 0 Å². The summed E-state index contributed by atoms with van der Waals surface area (Å²) in [5, 5.41) is 0. The zero-order valence-electron chi connectivity index (χ0n) is 7.51. The van der Waals surface area contributed by atoms with Crippen molar-refractivity contribution in [2.24, 2.45) is 5.41 Å². The average molecular weight is 163 g/mol. The van der Waals surface area contributed by atoms with Gasteiger partial charge in [-0.1, -0.05) is 31.1 Å². The molecule has 0 unspecified atom stereocenters. The molecule has 2 aliphatic carbocycles. The van der Waals surface area contributed by atoms with E-state index in [1.165, 1.54) is 12.8 Å². The van der Waals surface area contributed by atoms with Crippen LogP contribution in [0.15, 0.2) is 23.8 Å². The number of ketones is 1.